The van der Waals surface area contributed by atoms with Crippen LogP contribution in [0.1, 0.15) is 48.0 Å². The van der Waals surface area contributed by atoms with Crippen molar-refractivity contribution in [2.75, 3.05) is 0 Å². The average molecular weight is 236 g/mol. The zero-order chi connectivity index (χ0) is 13.2. The lowest BCUT2D eigenvalue weighted by Gasteiger charge is -2.34. The molecule has 0 heterocycles. The third kappa shape index (κ3) is 1.19. The Hall–Kier alpha value is -0.790. The van der Waals surface area contributed by atoms with E-state index in [1.807, 2.05) is 0 Å². The Morgan fingerprint density at radius 1 is 1.29 bits per heavy atom. The van der Waals surface area contributed by atoms with Crippen molar-refractivity contribution in [3.63, 3.8) is 0 Å². The lowest BCUT2D eigenvalue weighted by atomic mass is 9.84. The molecule has 2 nitrogen and oxygen atoms in total. The van der Waals surface area contributed by atoms with Crippen LogP contribution in [-0.2, 0) is 9.53 Å². The maximum absolute atomic E-state index is 11.8. The Bertz CT molecular complexity index is 394. The van der Waals surface area contributed by atoms with E-state index < -0.39 is 0 Å². The maximum Gasteiger partial charge on any atom is 0.333 e. The summed E-state index contributed by atoms with van der Waals surface area (Å²) in [6.45, 7) is 16.6. The van der Waals surface area contributed by atoms with Crippen LogP contribution in [0.5, 0.6) is 0 Å². The van der Waals surface area contributed by atoms with Crippen molar-refractivity contribution in [3.05, 3.63) is 12.2 Å². The van der Waals surface area contributed by atoms with Crippen LogP contribution >= 0.6 is 0 Å². The molecule has 17 heavy (non-hydrogen) atoms. The first-order valence-electron chi connectivity index (χ1n) is 6.50. The monoisotopic (exact) mass is 236 g/mol. The third-order valence-corrected chi connectivity index (χ3v) is 6.29. The summed E-state index contributed by atoms with van der Waals surface area (Å²) in [5.41, 5.74) is 0.586. The molecule has 5 unspecified atom stereocenters. The van der Waals surface area contributed by atoms with Crippen molar-refractivity contribution in [1.29, 1.82) is 0 Å². The van der Waals surface area contributed by atoms with Gasteiger partial charge in [0.15, 0.2) is 0 Å². The summed E-state index contributed by atoms with van der Waals surface area (Å²) in [4.78, 5) is 11.8. The summed E-state index contributed by atoms with van der Waals surface area (Å²) in [6, 6.07) is 0. The minimum Gasteiger partial charge on any atom is -0.455 e. The standard InChI is InChI=1S/C15H24O2/c1-9(2)12(16)17-13(5)8-10(3)14(6)11(4)15(13,14)7/h10-11H,1,8H2,2-7H3. The molecule has 0 bridgehead atoms. The molecule has 2 aliphatic rings. The van der Waals surface area contributed by atoms with Crippen molar-refractivity contribution in [2.45, 2.75) is 53.6 Å². The first-order chi connectivity index (χ1) is 7.61. The molecule has 0 amide bonds. The summed E-state index contributed by atoms with van der Waals surface area (Å²) in [5.74, 6) is 0.969. The van der Waals surface area contributed by atoms with E-state index in [1.54, 1.807) is 6.92 Å². The predicted molar refractivity (Wildman–Crippen MR) is 68.5 cm³/mol. The maximum atomic E-state index is 11.8. The lowest BCUT2D eigenvalue weighted by molar-refractivity contribution is -0.160. The van der Waals surface area contributed by atoms with Crippen LogP contribution in [0.2, 0.25) is 0 Å². The highest BCUT2D eigenvalue weighted by Crippen LogP contribution is 2.83. The summed E-state index contributed by atoms with van der Waals surface area (Å²) in [6.07, 6.45) is 0.962. The van der Waals surface area contributed by atoms with Crippen molar-refractivity contribution < 1.29 is 9.53 Å². The van der Waals surface area contributed by atoms with E-state index in [1.165, 1.54) is 0 Å². The summed E-state index contributed by atoms with van der Waals surface area (Å²) in [5, 5.41) is 0. The van der Waals surface area contributed by atoms with Crippen molar-refractivity contribution in [1.82, 2.24) is 0 Å². The van der Waals surface area contributed by atoms with Gasteiger partial charge >= 0.3 is 5.97 Å². The van der Waals surface area contributed by atoms with E-state index in [0.717, 1.165) is 6.42 Å². The molecule has 5 atom stereocenters. The first-order valence-corrected chi connectivity index (χ1v) is 6.50. The van der Waals surface area contributed by atoms with Crippen LogP contribution in [-0.4, -0.2) is 11.6 Å². The van der Waals surface area contributed by atoms with Crippen LogP contribution in [0.25, 0.3) is 0 Å². The van der Waals surface area contributed by atoms with Gasteiger partial charge in [0.25, 0.3) is 0 Å². The number of hydrogen-bond acceptors (Lipinski definition) is 2. The zero-order valence-electron chi connectivity index (χ0n) is 11.9. The van der Waals surface area contributed by atoms with Gasteiger partial charge in [0.2, 0.25) is 0 Å². The average Bonchev–Trinajstić information content (AvgIpc) is 2.60. The van der Waals surface area contributed by atoms with Gasteiger partial charge in [0.1, 0.15) is 5.60 Å². The van der Waals surface area contributed by atoms with E-state index in [9.17, 15) is 4.79 Å². The van der Waals surface area contributed by atoms with Crippen LogP contribution in [0.3, 0.4) is 0 Å². The number of rotatable bonds is 2. The topological polar surface area (TPSA) is 26.3 Å². The number of ether oxygens (including phenoxy) is 1. The van der Waals surface area contributed by atoms with Crippen LogP contribution in [0, 0.1) is 22.7 Å². The van der Waals surface area contributed by atoms with E-state index in [0.29, 0.717) is 22.8 Å². The van der Waals surface area contributed by atoms with Crippen molar-refractivity contribution >= 4 is 5.97 Å². The summed E-state index contributed by atoms with van der Waals surface area (Å²) >= 11 is 0. The number of carbonyl (C=O) groups is 1. The van der Waals surface area contributed by atoms with Gasteiger partial charge in [-0.1, -0.05) is 34.3 Å². The van der Waals surface area contributed by atoms with E-state index in [-0.39, 0.29) is 17.0 Å². The Balaban J connectivity index is 2.29. The van der Waals surface area contributed by atoms with E-state index >= 15 is 0 Å². The van der Waals surface area contributed by atoms with Crippen LogP contribution < -0.4 is 0 Å². The van der Waals surface area contributed by atoms with Crippen LogP contribution in [0.15, 0.2) is 12.2 Å². The largest absolute Gasteiger partial charge is 0.455 e. The van der Waals surface area contributed by atoms with E-state index in [2.05, 4.69) is 41.2 Å². The number of esters is 1. The van der Waals surface area contributed by atoms with Crippen molar-refractivity contribution in [3.8, 4) is 0 Å². The SMILES string of the molecule is C=C(C)C(=O)OC1(C)CC(C)C2(C)C(C)C12C. The molecular weight excluding hydrogens is 212 g/mol. The van der Waals surface area contributed by atoms with E-state index in [4.69, 9.17) is 4.74 Å². The highest BCUT2D eigenvalue weighted by atomic mass is 16.6. The van der Waals surface area contributed by atoms with Gasteiger partial charge in [0.05, 0.1) is 0 Å². The molecule has 2 fully saturated rings. The van der Waals surface area contributed by atoms with Crippen LogP contribution in [0.4, 0.5) is 0 Å². The molecular formula is C15H24O2. The second kappa shape index (κ2) is 3.15. The molecule has 2 rings (SSSR count). The van der Waals surface area contributed by atoms with Gasteiger partial charge < -0.3 is 4.74 Å². The minimum atomic E-state index is -0.337. The van der Waals surface area contributed by atoms with Gasteiger partial charge in [-0.3, -0.25) is 0 Å². The van der Waals surface area contributed by atoms with Crippen molar-refractivity contribution in [2.24, 2.45) is 22.7 Å². The smallest absolute Gasteiger partial charge is 0.333 e. The Morgan fingerprint density at radius 2 is 1.82 bits per heavy atom. The molecule has 0 aromatic heterocycles. The fourth-order valence-corrected chi connectivity index (χ4v) is 4.51. The third-order valence-electron chi connectivity index (χ3n) is 6.29. The second-order valence-corrected chi connectivity index (χ2v) is 6.71. The number of fused-ring (bicyclic) bond motifs is 1. The Labute approximate surface area is 104 Å². The quantitative estimate of drug-likeness (QED) is 0.541. The molecule has 0 aromatic carbocycles. The Kier molecular flexibility index (Phi) is 2.35. The lowest BCUT2D eigenvalue weighted by Crippen LogP contribution is -2.39. The molecule has 0 aromatic rings. The molecule has 0 spiro atoms. The van der Waals surface area contributed by atoms with Gasteiger partial charge in [-0.25, -0.2) is 4.79 Å². The predicted octanol–water partition coefficient (Wildman–Crippen LogP) is 3.57. The molecule has 96 valence electrons. The highest BCUT2D eigenvalue weighted by molar-refractivity contribution is 5.87. The number of carbonyl (C=O) groups excluding carboxylic acids is 1. The van der Waals surface area contributed by atoms with Gasteiger partial charge in [-0.05, 0) is 37.5 Å². The fraction of sp³-hybridized carbons (Fsp3) is 0.800. The molecule has 0 radical (unpaired) electrons. The highest BCUT2D eigenvalue weighted by Gasteiger charge is 2.82. The van der Waals surface area contributed by atoms with Gasteiger partial charge in [-0.15, -0.1) is 0 Å². The fourth-order valence-electron chi connectivity index (χ4n) is 4.51. The zero-order valence-corrected chi connectivity index (χ0v) is 11.9. The van der Waals surface area contributed by atoms with Gasteiger partial charge in [-0.2, -0.15) is 0 Å². The summed E-state index contributed by atoms with van der Waals surface area (Å²) in [7, 11) is 0. The Morgan fingerprint density at radius 3 is 2.18 bits per heavy atom. The molecule has 2 heteroatoms. The molecule has 0 aliphatic heterocycles. The summed E-state index contributed by atoms with van der Waals surface area (Å²) < 4.78 is 5.78. The number of hydrogen-bond donors (Lipinski definition) is 0. The van der Waals surface area contributed by atoms with Gasteiger partial charge in [0, 0.05) is 11.0 Å². The normalized spacial score (nSPS) is 51.9. The molecule has 2 saturated carbocycles. The second-order valence-electron chi connectivity index (χ2n) is 6.71. The molecule has 0 N–H and O–H groups in total. The molecule has 2 aliphatic carbocycles. The molecule has 0 saturated heterocycles. The minimum absolute atomic E-state index is 0.116. The first kappa shape index (κ1) is 12.7.